The first-order valence-corrected chi connectivity index (χ1v) is 8.29. The molecule has 1 atom stereocenters. The number of fused-ring (bicyclic) bond motifs is 1. The molecular weight excluding hydrogens is 345 g/mol. The molecule has 9 heteroatoms. The maximum atomic E-state index is 13.1. The minimum absolute atomic E-state index is 0.188. The van der Waals surface area contributed by atoms with E-state index in [0.717, 1.165) is 17.9 Å². The number of hydrogen-bond acceptors (Lipinski definition) is 4. The van der Waals surface area contributed by atoms with Gasteiger partial charge in [-0.3, -0.25) is 10.1 Å². The summed E-state index contributed by atoms with van der Waals surface area (Å²) in [7, 11) is 1.52. The summed E-state index contributed by atoms with van der Waals surface area (Å²) in [6.07, 6.45) is -4.80. The number of alkyl halides is 3. The summed E-state index contributed by atoms with van der Waals surface area (Å²) in [5, 5.41) is 11.3. The van der Waals surface area contributed by atoms with Crippen molar-refractivity contribution in [3.05, 3.63) is 39.6 Å². The fourth-order valence-corrected chi connectivity index (χ4v) is 3.24. The van der Waals surface area contributed by atoms with E-state index in [1.54, 1.807) is 17.8 Å². The number of hydrogen-bond donors (Lipinski definition) is 1. The molecule has 1 aromatic carbocycles. The third-order valence-electron chi connectivity index (χ3n) is 3.84. The molecule has 1 aromatic heterocycles. The van der Waals surface area contributed by atoms with Crippen LogP contribution in [0.25, 0.3) is 10.9 Å². The maximum Gasteiger partial charge on any atom is 0.423 e. The molecule has 0 aliphatic carbocycles. The standard InChI is InChI=1S/C15H17F3N2O3S/c1-4-24-8-14(2,23-3)13-6-9-5-12(20(21)22)10(15(16,17)18)7-11(9)19-13/h5-7,19H,4,8H2,1-3H3/t14-/m1/s1. The van der Waals surface area contributed by atoms with Crippen molar-refractivity contribution < 1.29 is 22.8 Å². The zero-order valence-corrected chi connectivity index (χ0v) is 14.2. The molecule has 0 amide bonds. The Morgan fingerprint density at radius 3 is 2.50 bits per heavy atom. The number of nitro groups is 1. The SMILES string of the molecule is CCSC[C@@](C)(OC)c1cc2cc([N+](=O)[O-])c(C(F)(F)F)cc2[nH]1. The molecule has 1 heterocycles. The van der Waals surface area contributed by atoms with E-state index in [1.807, 2.05) is 13.8 Å². The molecular formula is C15H17F3N2O3S. The molecule has 0 saturated carbocycles. The second-order valence-corrected chi connectivity index (χ2v) is 6.74. The first-order chi connectivity index (χ1) is 11.1. The molecule has 0 saturated heterocycles. The smallest absolute Gasteiger partial charge is 0.371 e. The van der Waals surface area contributed by atoms with Gasteiger partial charge in [0.2, 0.25) is 0 Å². The van der Waals surface area contributed by atoms with Gasteiger partial charge in [0.05, 0.1) is 4.92 Å². The number of aromatic amines is 1. The molecule has 0 unspecified atom stereocenters. The number of halogens is 3. The van der Waals surface area contributed by atoms with E-state index in [1.165, 1.54) is 7.11 Å². The lowest BCUT2D eigenvalue weighted by Gasteiger charge is -2.26. The average molecular weight is 362 g/mol. The molecule has 0 aliphatic rings. The highest BCUT2D eigenvalue weighted by Gasteiger charge is 2.39. The summed E-state index contributed by atoms with van der Waals surface area (Å²) in [5.41, 5.74) is -2.19. The average Bonchev–Trinajstić information content (AvgIpc) is 2.94. The molecule has 0 bridgehead atoms. The molecule has 0 radical (unpaired) electrons. The van der Waals surface area contributed by atoms with Crippen molar-refractivity contribution in [1.29, 1.82) is 0 Å². The number of H-pyrrole nitrogens is 1. The van der Waals surface area contributed by atoms with E-state index < -0.39 is 28.0 Å². The van der Waals surface area contributed by atoms with Crippen LogP contribution in [-0.2, 0) is 16.5 Å². The molecule has 5 nitrogen and oxygen atoms in total. The molecule has 0 aliphatic heterocycles. The summed E-state index contributed by atoms with van der Waals surface area (Å²) >= 11 is 1.63. The van der Waals surface area contributed by atoms with Crippen molar-refractivity contribution in [1.82, 2.24) is 4.98 Å². The number of benzene rings is 1. The molecule has 2 rings (SSSR count). The van der Waals surface area contributed by atoms with E-state index in [2.05, 4.69) is 4.98 Å². The minimum Gasteiger partial charge on any atom is -0.371 e. The fraction of sp³-hybridized carbons (Fsp3) is 0.467. The summed E-state index contributed by atoms with van der Waals surface area (Å²) in [5.74, 6) is 1.46. The number of ether oxygens (including phenoxy) is 1. The number of rotatable bonds is 6. The number of nitro benzene ring substituents is 1. The largest absolute Gasteiger partial charge is 0.423 e. The highest BCUT2D eigenvalue weighted by molar-refractivity contribution is 7.99. The second-order valence-electron chi connectivity index (χ2n) is 5.47. The Hall–Kier alpha value is -1.74. The third-order valence-corrected chi connectivity index (χ3v) is 5.00. The molecule has 132 valence electrons. The number of methoxy groups -OCH3 is 1. The highest BCUT2D eigenvalue weighted by Crippen LogP contribution is 2.39. The van der Waals surface area contributed by atoms with E-state index in [-0.39, 0.29) is 5.52 Å². The minimum atomic E-state index is -4.80. The van der Waals surface area contributed by atoms with Gasteiger partial charge in [-0.25, -0.2) is 0 Å². The lowest BCUT2D eigenvalue weighted by molar-refractivity contribution is -0.387. The zero-order valence-electron chi connectivity index (χ0n) is 13.4. The van der Waals surface area contributed by atoms with E-state index in [9.17, 15) is 23.3 Å². The highest BCUT2D eigenvalue weighted by atomic mass is 32.2. The summed E-state index contributed by atoms with van der Waals surface area (Å²) in [6.45, 7) is 3.81. The van der Waals surface area contributed by atoms with Gasteiger partial charge in [0, 0.05) is 35.5 Å². The first kappa shape index (κ1) is 18.6. The summed E-state index contributed by atoms with van der Waals surface area (Å²) in [4.78, 5) is 12.9. The van der Waals surface area contributed by atoms with Crippen LogP contribution in [0, 0.1) is 10.1 Å². The van der Waals surface area contributed by atoms with Crippen LogP contribution < -0.4 is 0 Å². The first-order valence-electron chi connectivity index (χ1n) is 7.14. The molecule has 0 fully saturated rings. The predicted molar refractivity (Wildman–Crippen MR) is 87.3 cm³/mol. The normalized spacial score (nSPS) is 14.8. The second kappa shape index (κ2) is 6.64. The fourth-order valence-electron chi connectivity index (χ4n) is 2.38. The Morgan fingerprint density at radius 2 is 2.00 bits per heavy atom. The van der Waals surface area contributed by atoms with Crippen LogP contribution in [0.3, 0.4) is 0 Å². The molecule has 2 aromatic rings. The monoisotopic (exact) mass is 362 g/mol. The Balaban J connectivity index is 2.60. The predicted octanol–water partition coefficient (Wildman–Crippen LogP) is 4.71. The summed E-state index contributed by atoms with van der Waals surface area (Å²) in [6, 6.07) is 3.32. The van der Waals surface area contributed by atoms with Gasteiger partial charge >= 0.3 is 6.18 Å². The van der Waals surface area contributed by atoms with Crippen LogP contribution in [-0.4, -0.2) is 28.5 Å². The van der Waals surface area contributed by atoms with Crippen molar-refractivity contribution >= 4 is 28.4 Å². The van der Waals surface area contributed by atoms with Crippen molar-refractivity contribution in [2.75, 3.05) is 18.6 Å². The third kappa shape index (κ3) is 3.51. The van der Waals surface area contributed by atoms with Gasteiger partial charge in [-0.2, -0.15) is 24.9 Å². The lowest BCUT2D eigenvalue weighted by atomic mass is 10.0. The van der Waals surface area contributed by atoms with Crippen LogP contribution in [0.15, 0.2) is 18.2 Å². The molecule has 0 spiro atoms. The maximum absolute atomic E-state index is 13.1. The van der Waals surface area contributed by atoms with Gasteiger partial charge in [0.15, 0.2) is 0 Å². The topological polar surface area (TPSA) is 68.2 Å². The Labute approximate surface area is 140 Å². The lowest BCUT2D eigenvalue weighted by Crippen LogP contribution is -2.28. The van der Waals surface area contributed by atoms with E-state index in [4.69, 9.17) is 4.74 Å². The van der Waals surface area contributed by atoms with Crippen molar-refractivity contribution in [3.63, 3.8) is 0 Å². The van der Waals surface area contributed by atoms with Gasteiger partial charge in [-0.1, -0.05) is 6.92 Å². The van der Waals surface area contributed by atoms with Gasteiger partial charge in [-0.15, -0.1) is 0 Å². The van der Waals surface area contributed by atoms with Gasteiger partial charge in [0.1, 0.15) is 11.2 Å². The molecule has 24 heavy (non-hydrogen) atoms. The van der Waals surface area contributed by atoms with Crippen LogP contribution >= 0.6 is 11.8 Å². The number of nitrogens with zero attached hydrogens (tertiary/aromatic N) is 1. The van der Waals surface area contributed by atoms with Crippen LogP contribution in [0.5, 0.6) is 0 Å². The van der Waals surface area contributed by atoms with Gasteiger partial charge in [0.25, 0.3) is 5.69 Å². The Kier molecular flexibility index (Phi) is 5.14. The van der Waals surface area contributed by atoms with E-state index >= 15 is 0 Å². The quantitative estimate of drug-likeness (QED) is 0.597. The van der Waals surface area contributed by atoms with Crippen molar-refractivity contribution in [2.45, 2.75) is 25.6 Å². The number of thioether (sulfide) groups is 1. The van der Waals surface area contributed by atoms with Crippen LogP contribution in [0.1, 0.15) is 25.1 Å². The van der Waals surface area contributed by atoms with Gasteiger partial charge < -0.3 is 9.72 Å². The van der Waals surface area contributed by atoms with Crippen molar-refractivity contribution in [2.24, 2.45) is 0 Å². The number of nitrogens with one attached hydrogen (secondary N) is 1. The van der Waals surface area contributed by atoms with Crippen molar-refractivity contribution in [3.8, 4) is 0 Å². The number of aromatic nitrogens is 1. The zero-order chi connectivity index (χ0) is 18.1. The Morgan fingerprint density at radius 1 is 1.33 bits per heavy atom. The summed E-state index contributed by atoms with van der Waals surface area (Å²) < 4.78 is 44.7. The molecule has 1 N–H and O–H groups in total. The van der Waals surface area contributed by atoms with Crippen LogP contribution in [0.4, 0.5) is 18.9 Å². The van der Waals surface area contributed by atoms with Gasteiger partial charge in [-0.05, 0) is 24.8 Å². The Bertz CT molecular complexity index is 760. The van der Waals surface area contributed by atoms with E-state index in [0.29, 0.717) is 16.8 Å². The van der Waals surface area contributed by atoms with Crippen LogP contribution in [0.2, 0.25) is 0 Å².